The van der Waals surface area contributed by atoms with E-state index in [0.717, 1.165) is 38.8 Å². The molecule has 0 aromatic heterocycles. The number of nitrogens with one attached hydrogen (secondary N) is 1. The highest BCUT2D eigenvalue weighted by atomic mass is 16.5. The molecule has 1 fully saturated rings. The van der Waals surface area contributed by atoms with Gasteiger partial charge in [0.2, 0.25) is 5.91 Å². The van der Waals surface area contributed by atoms with E-state index < -0.39 is 0 Å². The first-order valence-corrected chi connectivity index (χ1v) is 7.31. The SMILES string of the molecule is CCC(=O)NCCC1=CC=C2CCC3OCCC3=C12. The van der Waals surface area contributed by atoms with Gasteiger partial charge in [0, 0.05) is 13.0 Å². The highest BCUT2D eigenvalue weighted by Gasteiger charge is 2.32. The fraction of sp³-hybridized carbons (Fsp3) is 0.562. The number of hydrogen-bond acceptors (Lipinski definition) is 2. The summed E-state index contributed by atoms with van der Waals surface area (Å²) in [6, 6.07) is 0. The van der Waals surface area contributed by atoms with Gasteiger partial charge in [-0.2, -0.15) is 0 Å². The monoisotopic (exact) mass is 259 g/mol. The molecule has 0 saturated carbocycles. The fourth-order valence-electron chi connectivity index (χ4n) is 3.27. The van der Waals surface area contributed by atoms with Gasteiger partial charge in [-0.1, -0.05) is 19.1 Å². The van der Waals surface area contributed by atoms with Gasteiger partial charge in [-0.25, -0.2) is 0 Å². The normalized spacial score (nSPS) is 24.8. The number of hydrogen-bond donors (Lipinski definition) is 1. The van der Waals surface area contributed by atoms with Crippen LogP contribution in [0.4, 0.5) is 0 Å². The molecule has 1 amide bonds. The summed E-state index contributed by atoms with van der Waals surface area (Å²) in [7, 11) is 0. The Labute approximate surface area is 114 Å². The van der Waals surface area contributed by atoms with E-state index in [9.17, 15) is 4.79 Å². The summed E-state index contributed by atoms with van der Waals surface area (Å²) in [6.07, 6.45) is 9.69. The molecule has 1 aliphatic heterocycles. The van der Waals surface area contributed by atoms with Crippen LogP contribution in [0.1, 0.15) is 39.0 Å². The van der Waals surface area contributed by atoms with Crippen LogP contribution in [0.25, 0.3) is 0 Å². The Morgan fingerprint density at radius 3 is 3.16 bits per heavy atom. The number of amides is 1. The van der Waals surface area contributed by atoms with E-state index in [4.69, 9.17) is 4.74 Å². The van der Waals surface area contributed by atoms with Gasteiger partial charge in [-0.3, -0.25) is 4.79 Å². The first kappa shape index (κ1) is 12.7. The second-order valence-electron chi connectivity index (χ2n) is 5.39. The summed E-state index contributed by atoms with van der Waals surface area (Å²) in [6.45, 7) is 3.49. The minimum absolute atomic E-state index is 0.134. The van der Waals surface area contributed by atoms with Crippen LogP contribution in [0.5, 0.6) is 0 Å². The molecule has 1 atom stereocenters. The molecule has 0 spiro atoms. The van der Waals surface area contributed by atoms with E-state index in [-0.39, 0.29) is 5.91 Å². The predicted octanol–water partition coefficient (Wildman–Crippen LogP) is 2.65. The van der Waals surface area contributed by atoms with Gasteiger partial charge in [0.05, 0.1) is 12.7 Å². The third-order valence-electron chi connectivity index (χ3n) is 4.24. The van der Waals surface area contributed by atoms with E-state index in [0.29, 0.717) is 12.5 Å². The quantitative estimate of drug-likeness (QED) is 0.843. The number of allylic oxidation sites excluding steroid dienone is 4. The number of ether oxygens (including phenoxy) is 1. The molecule has 0 aromatic carbocycles. The minimum Gasteiger partial charge on any atom is -0.373 e. The predicted molar refractivity (Wildman–Crippen MR) is 74.7 cm³/mol. The third-order valence-corrected chi connectivity index (χ3v) is 4.24. The number of carbonyl (C=O) groups is 1. The average molecular weight is 259 g/mol. The molecule has 1 saturated heterocycles. The van der Waals surface area contributed by atoms with Gasteiger partial charge in [0.1, 0.15) is 0 Å². The Bertz CT molecular complexity index is 485. The lowest BCUT2D eigenvalue weighted by Crippen LogP contribution is -2.24. The number of rotatable bonds is 4. The first-order valence-electron chi connectivity index (χ1n) is 7.31. The zero-order valence-corrected chi connectivity index (χ0v) is 11.5. The Morgan fingerprint density at radius 2 is 2.32 bits per heavy atom. The number of carbonyl (C=O) groups excluding carboxylic acids is 1. The lowest BCUT2D eigenvalue weighted by Gasteiger charge is -2.24. The van der Waals surface area contributed by atoms with E-state index >= 15 is 0 Å². The minimum atomic E-state index is 0.134. The molecule has 3 aliphatic rings. The Hall–Kier alpha value is -1.35. The molecule has 3 heteroatoms. The van der Waals surface area contributed by atoms with Crippen molar-refractivity contribution >= 4 is 5.91 Å². The van der Waals surface area contributed by atoms with Crippen LogP contribution in [0.2, 0.25) is 0 Å². The number of fused-ring (bicyclic) bond motifs is 2. The van der Waals surface area contributed by atoms with E-state index in [1.54, 1.807) is 0 Å². The molecule has 3 rings (SSSR count). The van der Waals surface area contributed by atoms with Crippen molar-refractivity contribution in [3.63, 3.8) is 0 Å². The molecule has 102 valence electrons. The summed E-state index contributed by atoms with van der Waals surface area (Å²) in [5.74, 6) is 0.134. The zero-order chi connectivity index (χ0) is 13.2. The van der Waals surface area contributed by atoms with E-state index in [1.165, 1.54) is 22.3 Å². The largest absolute Gasteiger partial charge is 0.373 e. The van der Waals surface area contributed by atoms with Gasteiger partial charge < -0.3 is 10.1 Å². The molecular formula is C16H21NO2. The molecule has 0 bridgehead atoms. The standard InChI is InChI=1S/C16H21NO2/c1-2-15(18)17-9-7-12-4-3-11-5-6-14-13(16(11)12)8-10-19-14/h3-4,14H,2,5-10H2,1H3,(H,17,18). The molecule has 2 aliphatic carbocycles. The zero-order valence-electron chi connectivity index (χ0n) is 11.5. The Kier molecular flexibility index (Phi) is 3.56. The van der Waals surface area contributed by atoms with Crippen molar-refractivity contribution in [1.82, 2.24) is 5.32 Å². The van der Waals surface area contributed by atoms with Gasteiger partial charge in [0.15, 0.2) is 0 Å². The molecule has 1 heterocycles. The maximum atomic E-state index is 11.3. The van der Waals surface area contributed by atoms with Crippen LogP contribution in [0.15, 0.2) is 34.4 Å². The van der Waals surface area contributed by atoms with E-state index in [2.05, 4.69) is 17.5 Å². The first-order chi connectivity index (χ1) is 9.29. The van der Waals surface area contributed by atoms with Crippen molar-refractivity contribution in [3.05, 3.63) is 34.4 Å². The lowest BCUT2D eigenvalue weighted by molar-refractivity contribution is -0.120. The topological polar surface area (TPSA) is 38.3 Å². The summed E-state index contributed by atoms with van der Waals surface area (Å²) in [5.41, 5.74) is 5.83. The molecular weight excluding hydrogens is 238 g/mol. The van der Waals surface area contributed by atoms with Crippen LogP contribution < -0.4 is 5.32 Å². The van der Waals surface area contributed by atoms with Crippen molar-refractivity contribution in [3.8, 4) is 0 Å². The van der Waals surface area contributed by atoms with Crippen LogP contribution in [0, 0.1) is 0 Å². The van der Waals surface area contributed by atoms with Gasteiger partial charge >= 0.3 is 0 Å². The highest BCUT2D eigenvalue weighted by Crippen LogP contribution is 2.43. The lowest BCUT2D eigenvalue weighted by atomic mass is 9.83. The summed E-state index contributed by atoms with van der Waals surface area (Å²) >= 11 is 0. The van der Waals surface area contributed by atoms with Gasteiger partial charge in [-0.15, -0.1) is 0 Å². The maximum absolute atomic E-state index is 11.3. The van der Waals surface area contributed by atoms with Crippen molar-refractivity contribution in [2.24, 2.45) is 0 Å². The molecule has 0 radical (unpaired) electrons. The second kappa shape index (κ2) is 5.33. The molecule has 0 aromatic rings. The van der Waals surface area contributed by atoms with Gasteiger partial charge in [-0.05, 0) is 48.0 Å². The van der Waals surface area contributed by atoms with E-state index in [1.807, 2.05) is 6.92 Å². The third kappa shape index (κ3) is 2.39. The molecule has 1 unspecified atom stereocenters. The van der Waals surface area contributed by atoms with Crippen molar-refractivity contribution < 1.29 is 9.53 Å². The average Bonchev–Trinajstić information content (AvgIpc) is 3.03. The second-order valence-corrected chi connectivity index (χ2v) is 5.39. The summed E-state index contributed by atoms with van der Waals surface area (Å²) < 4.78 is 5.79. The van der Waals surface area contributed by atoms with Gasteiger partial charge in [0.25, 0.3) is 0 Å². The van der Waals surface area contributed by atoms with Crippen molar-refractivity contribution in [2.75, 3.05) is 13.2 Å². The van der Waals surface area contributed by atoms with Crippen LogP contribution in [-0.4, -0.2) is 25.2 Å². The highest BCUT2D eigenvalue weighted by molar-refractivity contribution is 5.75. The van der Waals surface area contributed by atoms with Crippen molar-refractivity contribution in [1.29, 1.82) is 0 Å². The molecule has 19 heavy (non-hydrogen) atoms. The van der Waals surface area contributed by atoms with Crippen molar-refractivity contribution in [2.45, 2.75) is 45.1 Å². The van der Waals surface area contributed by atoms with Crippen LogP contribution in [0.3, 0.4) is 0 Å². The smallest absolute Gasteiger partial charge is 0.219 e. The molecule has 3 nitrogen and oxygen atoms in total. The molecule has 1 N–H and O–H groups in total. The maximum Gasteiger partial charge on any atom is 0.219 e. The summed E-state index contributed by atoms with van der Waals surface area (Å²) in [5, 5.41) is 2.96. The Morgan fingerprint density at radius 1 is 1.42 bits per heavy atom. The Balaban J connectivity index is 1.69. The van der Waals surface area contributed by atoms with Crippen LogP contribution in [-0.2, 0) is 9.53 Å². The fourth-order valence-corrected chi connectivity index (χ4v) is 3.27. The summed E-state index contributed by atoms with van der Waals surface area (Å²) in [4.78, 5) is 11.3. The van der Waals surface area contributed by atoms with Crippen LogP contribution >= 0.6 is 0 Å².